The predicted molar refractivity (Wildman–Crippen MR) is 93.5 cm³/mol. The van der Waals surface area contributed by atoms with E-state index in [1.807, 2.05) is 6.08 Å². The second kappa shape index (κ2) is 9.64. The maximum Gasteiger partial charge on any atom is 0.573 e. The van der Waals surface area contributed by atoms with Crippen molar-refractivity contribution < 1.29 is 22.7 Å². The van der Waals surface area contributed by atoms with Crippen molar-refractivity contribution in [2.45, 2.75) is 65.2 Å². The van der Waals surface area contributed by atoms with E-state index in [-0.39, 0.29) is 11.2 Å². The summed E-state index contributed by atoms with van der Waals surface area (Å²) in [6.45, 7) is 7.27. The molecule has 0 heterocycles. The Hall–Kier alpha value is -1.78. The van der Waals surface area contributed by atoms with Gasteiger partial charge < -0.3 is 4.74 Å². The molecule has 0 N–H and O–H groups in total. The first kappa shape index (κ1) is 21.3. The summed E-state index contributed by atoms with van der Waals surface area (Å²) in [5.41, 5.74) is 0.913. The van der Waals surface area contributed by atoms with Crippen molar-refractivity contribution in [2.75, 3.05) is 0 Å². The average molecular weight is 356 g/mol. The highest BCUT2D eigenvalue weighted by atomic mass is 19.4. The molecular weight excluding hydrogens is 329 g/mol. The predicted octanol–water partition coefficient (Wildman–Crippen LogP) is 6.39. The summed E-state index contributed by atoms with van der Waals surface area (Å²) in [6, 6.07) is 5.67. The molecule has 0 saturated heterocycles. The molecule has 1 aliphatic rings. The first-order valence-corrected chi connectivity index (χ1v) is 8.63. The molecule has 0 atom stereocenters. The lowest BCUT2D eigenvalue weighted by molar-refractivity contribution is -0.274. The fraction of sp³-hybridized carbons (Fsp3) is 0.550. The van der Waals surface area contributed by atoms with Crippen molar-refractivity contribution in [3.63, 3.8) is 0 Å². The van der Waals surface area contributed by atoms with Crippen molar-refractivity contribution in [3.8, 4) is 5.75 Å². The maximum absolute atomic E-state index is 11.6. The molecule has 0 unspecified atom stereocenters. The lowest BCUT2D eigenvalue weighted by Crippen LogP contribution is -2.31. The SMILES string of the molecule is C=CCCC1(C(C)=O)CCCCC1.Cc1ccc(OC(F)(F)F)cc1. The van der Waals surface area contributed by atoms with E-state index in [0.29, 0.717) is 5.78 Å². The van der Waals surface area contributed by atoms with Crippen LogP contribution in [0.2, 0.25) is 0 Å². The lowest BCUT2D eigenvalue weighted by Gasteiger charge is -2.34. The van der Waals surface area contributed by atoms with E-state index in [1.54, 1.807) is 26.0 Å². The number of alkyl halides is 3. The van der Waals surface area contributed by atoms with Gasteiger partial charge >= 0.3 is 6.36 Å². The van der Waals surface area contributed by atoms with Gasteiger partial charge in [-0.3, -0.25) is 4.79 Å². The zero-order chi connectivity index (χ0) is 18.9. The molecule has 0 radical (unpaired) electrons. The van der Waals surface area contributed by atoms with Crippen LogP contribution < -0.4 is 4.74 Å². The minimum atomic E-state index is -4.60. The Morgan fingerprint density at radius 1 is 1.20 bits per heavy atom. The fourth-order valence-corrected chi connectivity index (χ4v) is 3.12. The van der Waals surface area contributed by atoms with Gasteiger partial charge in [0.05, 0.1) is 0 Å². The Morgan fingerprint density at radius 2 is 1.76 bits per heavy atom. The van der Waals surface area contributed by atoms with Crippen LogP contribution in [0, 0.1) is 12.3 Å². The second-order valence-electron chi connectivity index (χ2n) is 6.59. The van der Waals surface area contributed by atoms with Crippen LogP contribution in [-0.4, -0.2) is 12.1 Å². The number of carbonyl (C=O) groups is 1. The van der Waals surface area contributed by atoms with Gasteiger partial charge in [0.1, 0.15) is 11.5 Å². The molecule has 2 rings (SSSR count). The number of Topliss-reactive ketones (excluding diaryl/α,β-unsaturated/α-hetero) is 1. The smallest absolute Gasteiger partial charge is 0.406 e. The van der Waals surface area contributed by atoms with E-state index in [4.69, 9.17) is 0 Å². The zero-order valence-corrected chi connectivity index (χ0v) is 15.0. The Bertz CT molecular complexity index is 541. The minimum absolute atomic E-state index is 0.0203. The Kier molecular flexibility index (Phi) is 8.20. The van der Waals surface area contributed by atoms with E-state index >= 15 is 0 Å². The number of rotatable bonds is 5. The topological polar surface area (TPSA) is 26.3 Å². The lowest BCUT2D eigenvalue weighted by atomic mass is 9.69. The van der Waals surface area contributed by atoms with Crippen LogP contribution in [0.1, 0.15) is 57.4 Å². The third kappa shape index (κ3) is 7.76. The van der Waals surface area contributed by atoms with Crippen LogP contribution in [-0.2, 0) is 4.79 Å². The highest BCUT2D eigenvalue weighted by molar-refractivity contribution is 5.82. The summed E-state index contributed by atoms with van der Waals surface area (Å²) in [5, 5.41) is 0. The molecule has 1 saturated carbocycles. The van der Waals surface area contributed by atoms with Crippen molar-refractivity contribution in [1.29, 1.82) is 0 Å². The number of hydrogen-bond acceptors (Lipinski definition) is 2. The van der Waals surface area contributed by atoms with Crippen molar-refractivity contribution in [1.82, 2.24) is 0 Å². The van der Waals surface area contributed by atoms with E-state index in [0.717, 1.165) is 31.2 Å². The molecule has 0 aromatic heterocycles. The molecule has 25 heavy (non-hydrogen) atoms. The third-order valence-corrected chi connectivity index (χ3v) is 4.64. The van der Waals surface area contributed by atoms with E-state index in [9.17, 15) is 18.0 Å². The fourth-order valence-electron chi connectivity index (χ4n) is 3.12. The molecule has 1 aromatic rings. The van der Waals surface area contributed by atoms with E-state index < -0.39 is 6.36 Å². The van der Waals surface area contributed by atoms with Gasteiger partial charge in [-0.2, -0.15) is 0 Å². The van der Waals surface area contributed by atoms with E-state index in [1.165, 1.54) is 31.4 Å². The largest absolute Gasteiger partial charge is 0.573 e. The molecule has 0 aliphatic heterocycles. The van der Waals surface area contributed by atoms with Gasteiger partial charge in [0.2, 0.25) is 0 Å². The summed E-state index contributed by atoms with van der Waals surface area (Å²) in [5.74, 6) is 0.210. The summed E-state index contributed by atoms with van der Waals surface area (Å²) in [6.07, 6.45) is 5.32. The van der Waals surface area contributed by atoms with Crippen molar-refractivity contribution >= 4 is 5.78 Å². The van der Waals surface area contributed by atoms with Gasteiger partial charge in [0.25, 0.3) is 0 Å². The summed E-state index contributed by atoms with van der Waals surface area (Å²) >= 11 is 0. The molecule has 0 bridgehead atoms. The Labute approximate surface area is 148 Å². The van der Waals surface area contributed by atoms with Gasteiger partial charge in [-0.15, -0.1) is 19.8 Å². The van der Waals surface area contributed by atoms with Gasteiger partial charge in [0, 0.05) is 5.41 Å². The molecule has 1 aliphatic carbocycles. The van der Waals surface area contributed by atoms with Crippen LogP contribution in [0.3, 0.4) is 0 Å². The molecule has 5 heteroatoms. The van der Waals surface area contributed by atoms with Gasteiger partial charge in [-0.1, -0.05) is 43.0 Å². The quantitative estimate of drug-likeness (QED) is 0.572. The maximum atomic E-state index is 11.6. The number of carbonyl (C=O) groups excluding carboxylic acids is 1. The van der Waals surface area contributed by atoms with Crippen LogP contribution >= 0.6 is 0 Å². The standard InChI is InChI=1S/C12H20O.C8H7F3O/c1-3-4-8-12(11(2)13)9-6-5-7-10-12;1-6-2-4-7(5-3-6)12-8(9,10)11/h3H,1,4-10H2,2H3;2-5H,1H3. The second-order valence-corrected chi connectivity index (χ2v) is 6.59. The zero-order valence-electron chi connectivity index (χ0n) is 15.0. The third-order valence-electron chi connectivity index (χ3n) is 4.64. The average Bonchev–Trinajstić information content (AvgIpc) is 2.55. The number of ether oxygens (including phenoxy) is 1. The Balaban J connectivity index is 0.000000251. The van der Waals surface area contributed by atoms with Gasteiger partial charge in [0.15, 0.2) is 0 Å². The van der Waals surface area contributed by atoms with E-state index in [2.05, 4.69) is 11.3 Å². The number of halogens is 3. The normalized spacial score (nSPS) is 16.4. The number of hydrogen-bond donors (Lipinski definition) is 0. The number of benzene rings is 1. The number of ketones is 1. The molecule has 0 amide bonds. The summed E-state index contributed by atoms with van der Waals surface area (Å²) < 4.78 is 38.5. The van der Waals surface area contributed by atoms with Gasteiger partial charge in [-0.05, 0) is 51.7 Å². The van der Waals surface area contributed by atoms with Crippen molar-refractivity contribution in [2.24, 2.45) is 5.41 Å². The summed E-state index contributed by atoms with van der Waals surface area (Å²) in [7, 11) is 0. The van der Waals surface area contributed by atoms with Crippen LogP contribution in [0.5, 0.6) is 5.75 Å². The van der Waals surface area contributed by atoms with Crippen LogP contribution in [0.15, 0.2) is 36.9 Å². The molecule has 1 fully saturated rings. The van der Waals surface area contributed by atoms with Crippen LogP contribution in [0.4, 0.5) is 13.2 Å². The summed E-state index contributed by atoms with van der Waals surface area (Å²) in [4.78, 5) is 11.6. The molecule has 2 nitrogen and oxygen atoms in total. The number of allylic oxidation sites excluding steroid dienone is 1. The van der Waals surface area contributed by atoms with Crippen molar-refractivity contribution in [3.05, 3.63) is 42.5 Å². The molecular formula is C20H27F3O2. The van der Waals surface area contributed by atoms with Crippen LogP contribution in [0.25, 0.3) is 0 Å². The Morgan fingerprint density at radius 3 is 2.20 bits per heavy atom. The monoisotopic (exact) mass is 356 g/mol. The first-order valence-electron chi connectivity index (χ1n) is 8.63. The number of aryl methyl sites for hydroxylation is 1. The van der Waals surface area contributed by atoms with Gasteiger partial charge in [-0.25, -0.2) is 0 Å². The highest BCUT2D eigenvalue weighted by Crippen LogP contribution is 2.41. The molecule has 0 spiro atoms. The first-order chi connectivity index (χ1) is 11.7. The minimum Gasteiger partial charge on any atom is -0.406 e. The highest BCUT2D eigenvalue weighted by Gasteiger charge is 2.35. The molecule has 140 valence electrons. The molecule has 1 aromatic carbocycles.